The first-order valence-electron chi connectivity index (χ1n) is 16.9. The molecule has 2 heterocycles. The molecule has 0 spiro atoms. The number of allylic oxidation sites excluding steroid dienone is 8. The second-order valence-corrected chi connectivity index (χ2v) is 14.6. The normalized spacial score (nSPS) is 20.1. The molecule has 0 fully saturated rings. The van der Waals surface area contributed by atoms with Gasteiger partial charge < -0.3 is 9.80 Å². The summed E-state index contributed by atoms with van der Waals surface area (Å²) >= 11 is 0. The van der Waals surface area contributed by atoms with Crippen molar-refractivity contribution < 1.29 is 9.37 Å². The molecule has 0 bridgehead atoms. The fourth-order valence-electron chi connectivity index (χ4n) is 8.19. The number of hydrogen-bond acceptors (Lipinski definition) is 2. The van der Waals surface area contributed by atoms with Gasteiger partial charge in [0.2, 0.25) is 11.6 Å². The van der Waals surface area contributed by atoms with Crippen molar-refractivity contribution in [3.8, 4) is 0 Å². The largest absolute Gasteiger partial charge is 0.347 e. The minimum atomic E-state index is -0.255. The highest BCUT2D eigenvalue weighted by atomic mass is 16.2. The van der Waals surface area contributed by atoms with Crippen molar-refractivity contribution in [3.05, 3.63) is 131 Å². The smallest absolute Gasteiger partial charge is 0.242 e. The number of carbonyl (C=O) groups excluding carboxylic acids is 1. The lowest BCUT2D eigenvalue weighted by molar-refractivity contribution is -0.401. The Balaban J connectivity index is 1.22. The fraction of sp³-hybridized carbons (Fsp3) is 0.302. The molecule has 0 radical (unpaired) electrons. The molecule has 1 aliphatic carbocycles. The molecule has 4 aromatic rings. The van der Waals surface area contributed by atoms with Crippen LogP contribution >= 0.6 is 0 Å². The lowest BCUT2D eigenvalue weighted by Gasteiger charge is -2.27. The number of amides is 1. The Kier molecular flexibility index (Phi) is 7.58. The van der Waals surface area contributed by atoms with E-state index in [4.69, 9.17) is 0 Å². The molecule has 4 aromatic carbocycles. The molecule has 4 nitrogen and oxygen atoms in total. The van der Waals surface area contributed by atoms with Gasteiger partial charge in [0.15, 0.2) is 5.71 Å². The van der Waals surface area contributed by atoms with Crippen molar-refractivity contribution in [2.24, 2.45) is 0 Å². The topological polar surface area (TPSA) is 26.6 Å². The van der Waals surface area contributed by atoms with Crippen LogP contribution in [0.1, 0.15) is 58.1 Å². The van der Waals surface area contributed by atoms with E-state index < -0.39 is 0 Å². The molecule has 0 atom stereocenters. The Morgan fingerprint density at radius 2 is 1.47 bits per heavy atom. The third kappa shape index (κ3) is 5.15. The lowest BCUT2D eigenvalue weighted by atomic mass is 9.79. The van der Waals surface area contributed by atoms with Gasteiger partial charge in [0.25, 0.3) is 0 Å². The molecule has 0 saturated heterocycles. The zero-order chi connectivity index (χ0) is 33.1. The average molecular weight is 621 g/mol. The number of carbonyl (C=O) groups is 1. The highest BCUT2D eigenvalue weighted by molar-refractivity contribution is 6.07. The monoisotopic (exact) mass is 620 g/mol. The van der Waals surface area contributed by atoms with Crippen LogP contribution < -0.4 is 4.90 Å². The Bertz CT molecular complexity index is 2100. The first-order chi connectivity index (χ1) is 22.5. The van der Waals surface area contributed by atoms with Gasteiger partial charge in [-0.3, -0.25) is 4.79 Å². The van der Waals surface area contributed by atoms with Gasteiger partial charge in [0, 0.05) is 48.6 Å². The quantitative estimate of drug-likeness (QED) is 0.208. The average Bonchev–Trinajstić information content (AvgIpc) is 3.40. The third-order valence-electron chi connectivity index (χ3n) is 10.7. The summed E-state index contributed by atoms with van der Waals surface area (Å²) in [6.07, 6.45) is 14.9. The summed E-state index contributed by atoms with van der Waals surface area (Å²) in [4.78, 5) is 17.0. The van der Waals surface area contributed by atoms with E-state index >= 15 is 0 Å². The number of anilines is 1. The van der Waals surface area contributed by atoms with Gasteiger partial charge in [-0.05, 0) is 89.6 Å². The number of rotatable bonds is 5. The second-order valence-electron chi connectivity index (χ2n) is 14.6. The molecule has 7 rings (SSSR count). The Labute approximate surface area is 279 Å². The van der Waals surface area contributed by atoms with E-state index in [9.17, 15) is 4.79 Å². The molecule has 0 unspecified atom stereocenters. The third-order valence-corrected chi connectivity index (χ3v) is 10.7. The van der Waals surface area contributed by atoms with Crippen molar-refractivity contribution >= 4 is 44.5 Å². The molecular formula is C43H46N3O+. The SMILES string of the molecule is CN(C)C(=O)CN1/C(=C/C=C2C=C(/C=C/C3=[N+](C)c4ccc5ccccc5c4C3(C)C)CCC/2)C(C)(C)c2c1ccc1ccccc21. The van der Waals surface area contributed by atoms with Crippen molar-refractivity contribution in [2.75, 3.05) is 32.6 Å². The van der Waals surface area contributed by atoms with E-state index in [2.05, 4.69) is 147 Å². The summed E-state index contributed by atoms with van der Waals surface area (Å²) in [6.45, 7) is 9.62. The predicted molar refractivity (Wildman–Crippen MR) is 198 cm³/mol. The van der Waals surface area contributed by atoms with Gasteiger partial charge in [-0.25, -0.2) is 0 Å². The summed E-state index contributed by atoms with van der Waals surface area (Å²) in [6, 6.07) is 26.2. The molecule has 3 aliphatic rings. The zero-order valence-corrected chi connectivity index (χ0v) is 28.9. The number of benzene rings is 4. The second kappa shape index (κ2) is 11.5. The van der Waals surface area contributed by atoms with Gasteiger partial charge in [-0.1, -0.05) is 86.7 Å². The molecule has 0 aromatic heterocycles. The molecular weight excluding hydrogens is 574 g/mol. The molecule has 4 heteroatoms. The summed E-state index contributed by atoms with van der Waals surface area (Å²) in [5.74, 6) is 0.0952. The van der Waals surface area contributed by atoms with Crippen LogP contribution in [0.25, 0.3) is 21.5 Å². The summed E-state index contributed by atoms with van der Waals surface area (Å²) in [7, 11) is 5.87. The van der Waals surface area contributed by atoms with E-state index in [0.717, 1.165) is 30.6 Å². The molecule has 2 aliphatic heterocycles. The van der Waals surface area contributed by atoms with E-state index in [1.165, 1.54) is 55.2 Å². The van der Waals surface area contributed by atoms with Crippen LogP contribution in [0.5, 0.6) is 0 Å². The van der Waals surface area contributed by atoms with Crippen LogP contribution in [-0.2, 0) is 15.6 Å². The Morgan fingerprint density at radius 1 is 0.809 bits per heavy atom. The van der Waals surface area contributed by atoms with Crippen LogP contribution in [0.15, 0.2) is 120 Å². The zero-order valence-electron chi connectivity index (χ0n) is 28.9. The first kappa shape index (κ1) is 30.9. The van der Waals surface area contributed by atoms with Crippen molar-refractivity contribution in [3.63, 3.8) is 0 Å². The molecule has 0 N–H and O–H groups in total. The van der Waals surface area contributed by atoms with Crippen molar-refractivity contribution in [2.45, 2.75) is 57.8 Å². The van der Waals surface area contributed by atoms with Crippen LogP contribution in [0.3, 0.4) is 0 Å². The summed E-state index contributed by atoms with van der Waals surface area (Å²) in [5.41, 5.74) is 9.95. The van der Waals surface area contributed by atoms with Crippen molar-refractivity contribution in [1.29, 1.82) is 0 Å². The van der Waals surface area contributed by atoms with Gasteiger partial charge in [0.05, 0.1) is 5.41 Å². The van der Waals surface area contributed by atoms with Crippen LogP contribution in [0, 0.1) is 0 Å². The highest BCUT2D eigenvalue weighted by Gasteiger charge is 2.44. The van der Waals surface area contributed by atoms with E-state index in [1.807, 2.05) is 14.1 Å². The number of nitrogens with zero attached hydrogens (tertiary/aromatic N) is 3. The fourth-order valence-corrected chi connectivity index (χ4v) is 8.19. The predicted octanol–water partition coefficient (Wildman–Crippen LogP) is 9.36. The maximum absolute atomic E-state index is 13.1. The lowest BCUT2D eigenvalue weighted by Crippen LogP contribution is -2.36. The van der Waals surface area contributed by atoms with E-state index in [1.54, 1.807) is 4.90 Å². The van der Waals surface area contributed by atoms with Gasteiger partial charge >= 0.3 is 0 Å². The van der Waals surface area contributed by atoms with E-state index in [-0.39, 0.29) is 16.7 Å². The van der Waals surface area contributed by atoms with Crippen molar-refractivity contribution in [1.82, 2.24) is 4.90 Å². The number of hydrogen-bond donors (Lipinski definition) is 0. The maximum atomic E-state index is 13.1. The highest BCUT2D eigenvalue weighted by Crippen LogP contribution is 2.51. The van der Waals surface area contributed by atoms with Gasteiger partial charge in [-0.2, -0.15) is 4.58 Å². The van der Waals surface area contributed by atoms with Crippen LogP contribution in [0.2, 0.25) is 0 Å². The number of fused-ring (bicyclic) bond motifs is 6. The maximum Gasteiger partial charge on any atom is 0.242 e. The van der Waals surface area contributed by atoms with Crippen LogP contribution in [0.4, 0.5) is 11.4 Å². The summed E-state index contributed by atoms with van der Waals surface area (Å²) in [5, 5.41) is 5.12. The summed E-state index contributed by atoms with van der Waals surface area (Å²) < 4.78 is 2.37. The minimum absolute atomic E-state index is 0.0952. The van der Waals surface area contributed by atoms with Gasteiger partial charge in [-0.15, -0.1) is 0 Å². The number of likely N-dealkylation sites (N-methyl/N-ethyl adjacent to an activating group) is 1. The van der Waals surface area contributed by atoms with Gasteiger partial charge in [0.1, 0.15) is 13.6 Å². The molecule has 238 valence electrons. The van der Waals surface area contributed by atoms with E-state index in [0.29, 0.717) is 6.54 Å². The molecule has 47 heavy (non-hydrogen) atoms. The first-order valence-corrected chi connectivity index (χ1v) is 16.9. The molecule has 0 saturated carbocycles. The standard InChI is InChI=1S/C43H46N3O/c1-42(2)37(45(7)35-23-21-31-15-8-10-17-33(31)40(35)42)25-19-29-13-12-14-30(27-29)20-26-38-43(3,4)41-34-18-11-9-16-32(34)22-24-36(41)46(38)28-39(47)44(5)6/h8-11,15-27H,12-14,28H2,1-7H3/q+1. The molecule has 1 amide bonds. The Hall–Kier alpha value is -4.70. The van der Waals surface area contributed by atoms with Crippen LogP contribution in [-0.4, -0.2) is 48.8 Å². The Morgan fingerprint density at radius 3 is 2.17 bits per heavy atom. The minimum Gasteiger partial charge on any atom is -0.347 e.